The summed E-state index contributed by atoms with van der Waals surface area (Å²) in [5.74, 6) is -0.480. The normalized spacial score (nSPS) is 9.56. The average molecular weight is 235 g/mol. The van der Waals surface area contributed by atoms with Gasteiger partial charge in [0.05, 0.1) is 0 Å². The molecule has 2 aromatic rings. The van der Waals surface area contributed by atoms with Crippen LogP contribution in [-0.4, -0.2) is 10.9 Å². The Balaban J connectivity index is 0.00000128. The van der Waals surface area contributed by atoms with E-state index < -0.39 is 5.91 Å². The number of thiazole rings is 1. The molecule has 0 aliphatic carbocycles. The number of carbonyl (C=O) groups excluding carboxylic acids is 1. The van der Waals surface area contributed by atoms with Gasteiger partial charge in [-0.15, -0.1) is 11.3 Å². The molecule has 0 atom stereocenters. The van der Waals surface area contributed by atoms with Crippen LogP contribution < -0.4 is 11.9 Å². The lowest BCUT2D eigenvalue weighted by Gasteiger charge is -1.99. The molecule has 16 heavy (non-hydrogen) atoms. The topological polar surface area (TPSA) is 91.0 Å². The van der Waals surface area contributed by atoms with Crippen molar-refractivity contribution in [3.05, 3.63) is 40.9 Å². The number of amides is 1. The lowest BCUT2D eigenvalue weighted by molar-refractivity contribution is 0.0996. The fourth-order valence-electron chi connectivity index (χ4n) is 1.32. The Morgan fingerprint density at radius 2 is 2.06 bits per heavy atom. The molecule has 0 radical (unpaired) electrons. The molecule has 0 spiro atoms. The molecule has 0 bridgehead atoms. The van der Waals surface area contributed by atoms with Gasteiger partial charge >= 0.3 is 0 Å². The number of hydrogen-bond donors (Lipinski definition) is 2. The van der Waals surface area contributed by atoms with Gasteiger partial charge in [-0.2, -0.15) is 0 Å². The van der Waals surface area contributed by atoms with E-state index in [4.69, 9.17) is 5.73 Å². The highest BCUT2D eigenvalue weighted by atomic mass is 32.1. The maximum atomic E-state index is 10.9. The number of aryl methyl sites for hydroxylation is 1. The monoisotopic (exact) mass is 235 g/mol. The van der Waals surface area contributed by atoms with E-state index in [1.165, 1.54) is 11.3 Å². The molecular weight excluding hydrogens is 222 g/mol. The number of nitrogens with two attached hydrogens (primary N) is 1. The second-order valence-corrected chi connectivity index (χ2v) is 4.08. The molecule has 0 saturated carbocycles. The van der Waals surface area contributed by atoms with Crippen molar-refractivity contribution in [1.82, 2.24) is 11.1 Å². The third-order valence-electron chi connectivity index (χ3n) is 2.13. The van der Waals surface area contributed by atoms with Crippen molar-refractivity contribution in [3.8, 4) is 10.6 Å². The van der Waals surface area contributed by atoms with Crippen LogP contribution in [0.3, 0.4) is 0 Å². The molecule has 1 heterocycles. The highest BCUT2D eigenvalue weighted by molar-refractivity contribution is 7.13. The third kappa shape index (κ3) is 2.26. The predicted octanol–water partition coefficient (Wildman–Crippen LogP) is 2.38. The maximum absolute atomic E-state index is 10.9. The lowest BCUT2D eigenvalue weighted by atomic mass is 10.1. The number of hydrogen-bond acceptors (Lipinski definition) is 4. The zero-order valence-electron chi connectivity index (χ0n) is 8.93. The van der Waals surface area contributed by atoms with Gasteiger partial charge in [0, 0.05) is 10.9 Å². The summed E-state index contributed by atoms with van der Waals surface area (Å²) in [5, 5.41) is 2.52. The molecular formula is C11H13N3OS. The number of nitrogens with zero attached hydrogens (tertiary/aromatic N) is 1. The Hall–Kier alpha value is -1.72. The van der Waals surface area contributed by atoms with E-state index in [9.17, 15) is 4.79 Å². The minimum absolute atomic E-state index is 0. The number of rotatable bonds is 2. The number of benzene rings is 1. The molecule has 5 N–H and O–H groups in total. The Kier molecular flexibility index (Phi) is 3.76. The zero-order chi connectivity index (χ0) is 10.8. The highest BCUT2D eigenvalue weighted by Crippen LogP contribution is 2.26. The van der Waals surface area contributed by atoms with Gasteiger partial charge in [-0.25, -0.2) is 4.98 Å². The van der Waals surface area contributed by atoms with Crippen molar-refractivity contribution < 1.29 is 4.79 Å². The van der Waals surface area contributed by atoms with Crippen molar-refractivity contribution in [2.75, 3.05) is 0 Å². The summed E-state index contributed by atoms with van der Waals surface area (Å²) < 4.78 is 0. The van der Waals surface area contributed by atoms with E-state index in [2.05, 4.69) is 4.98 Å². The Morgan fingerprint density at radius 1 is 1.38 bits per heavy atom. The molecule has 0 aliphatic heterocycles. The summed E-state index contributed by atoms with van der Waals surface area (Å²) in [4.78, 5) is 15.1. The summed E-state index contributed by atoms with van der Waals surface area (Å²) in [6.45, 7) is 2.01. The molecule has 1 amide bonds. The third-order valence-corrected chi connectivity index (χ3v) is 3.01. The SMILES string of the molecule is Cc1ccccc1-c1nc(C(N)=O)cs1.N. The number of primary amides is 1. The van der Waals surface area contributed by atoms with E-state index in [1.54, 1.807) is 5.38 Å². The first-order chi connectivity index (χ1) is 7.18. The number of carbonyl (C=O) groups is 1. The van der Waals surface area contributed by atoms with Gasteiger partial charge in [-0.3, -0.25) is 4.79 Å². The zero-order valence-corrected chi connectivity index (χ0v) is 9.75. The van der Waals surface area contributed by atoms with E-state index >= 15 is 0 Å². The Labute approximate surface area is 97.7 Å². The van der Waals surface area contributed by atoms with Crippen LogP contribution in [0.4, 0.5) is 0 Å². The minimum Gasteiger partial charge on any atom is -0.364 e. The Bertz CT molecular complexity index is 507. The van der Waals surface area contributed by atoms with Crippen molar-refractivity contribution in [1.29, 1.82) is 0 Å². The number of aromatic nitrogens is 1. The van der Waals surface area contributed by atoms with E-state index in [-0.39, 0.29) is 6.15 Å². The van der Waals surface area contributed by atoms with Crippen molar-refractivity contribution in [3.63, 3.8) is 0 Å². The summed E-state index contributed by atoms with van der Waals surface area (Å²) >= 11 is 1.43. The summed E-state index contributed by atoms with van der Waals surface area (Å²) in [5.41, 5.74) is 7.67. The van der Waals surface area contributed by atoms with Crippen LogP contribution in [0.15, 0.2) is 29.6 Å². The molecule has 4 nitrogen and oxygen atoms in total. The van der Waals surface area contributed by atoms with Crippen molar-refractivity contribution in [2.24, 2.45) is 5.73 Å². The first-order valence-corrected chi connectivity index (χ1v) is 5.38. The lowest BCUT2D eigenvalue weighted by Crippen LogP contribution is -2.10. The van der Waals surface area contributed by atoms with Gasteiger partial charge in [0.15, 0.2) is 0 Å². The Morgan fingerprint density at radius 3 is 2.62 bits per heavy atom. The average Bonchev–Trinajstić information content (AvgIpc) is 2.67. The van der Waals surface area contributed by atoms with Crippen LogP contribution in [0.25, 0.3) is 10.6 Å². The molecule has 0 aliphatic rings. The largest absolute Gasteiger partial charge is 0.364 e. The molecule has 1 aromatic heterocycles. The van der Waals surface area contributed by atoms with Gasteiger partial charge in [0.2, 0.25) is 0 Å². The van der Waals surface area contributed by atoms with Crippen molar-refractivity contribution in [2.45, 2.75) is 6.92 Å². The van der Waals surface area contributed by atoms with E-state index in [0.717, 1.165) is 16.1 Å². The molecule has 0 fully saturated rings. The molecule has 0 unspecified atom stereocenters. The second kappa shape index (κ2) is 4.87. The predicted molar refractivity (Wildman–Crippen MR) is 65.8 cm³/mol. The highest BCUT2D eigenvalue weighted by Gasteiger charge is 2.09. The van der Waals surface area contributed by atoms with Crippen LogP contribution in [0, 0.1) is 6.92 Å². The smallest absolute Gasteiger partial charge is 0.268 e. The van der Waals surface area contributed by atoms with Crippen LogP contribution >= 0.6 is 11.3 Å². The molecule has 0 saturated heterocycles. The van der Waals surface area contributed by atoms with Gasteiger partial charge in [-0.1, -0.05) is 24.3 Å². The summed E-state index contributed by atoms with van der Waals surface area (Å²) in [7, 11) is 0. The van der Waals surface area contributed by atoms with Gasteiger partial charge in [0.25, 0.3) is 5.91 Å². The van der Waals surface area contributed by atoms with Crippen LogP contribution in [0.1, 0.15) is 16.1 Å². The van der Waals surface area contributed by atoms with Crippen LogP contribution in [0.5, 0.6) is 0 Å². The quantitative estimate of drug-likeness (QED) is 0.837. The standard InChI is InChI=1S/C11H10N2OS.H3N/c1-7-4-2-3-5-8(7)11-13-9(6-15-11)10(12)14;/h2-6H,1H3,(H2,12,14);1H3. The van der Waals surface area contributed by atoms with Crippen molar-refractivity contribution >= 4 is 17.2 Å². The molecule has 84 valence electrons. The molecule has 1 aromatic carbocycles. The first kappa shape index (κ1) is 12.4. The van der Waals surface area contributed by atoms with E-state index in [1.807, 2.05) is 31.2 Å². The molecule has 2 rings (SSSR count). The van der Waals surface area contributed by atoms with Gasteiger partial charge in [0.1, 0.15) is 10.7 Å². The first-order valence-electron chi connectivity index (χ1n) is 4.50. The minimum atomic E-state index is -0.480. The molecule has 5 heteroatoms. The van der Waals surface area contributed by atoms with Gasteiger partial charge < -0.3 is 11.9 Å². The summed E-state index contributed by atoms with van der Waals surface area (Å²) in [6.07, 6.45) is 0. The summed E-state index contributed by atoms with van der Waals surface area (Å²) in [6, 6.07) is 7.93. The maximum Gasteiger partial charge on any atom is 0.268 e. The fraction of sp³-hybridized carbons (Fsp3) is 0.0909. The van der Waals surface area contributed by atoms with Crippen LogP contribution in [0.2, 0.25) is 0 Å². The van der Waals surface area contributed by atoms with Crippen LogP contribution in [-0.2, 0) is 0 Å². The van der Waals surface area contributed by atoms with E-state index in [0.29, 0.717) is 5.69 Å². The van der Waals surface area contributed by atoms with Gasteiger partial charge in [-0.05, 0) is 12.5 Å². The fourth-order valence-corrected chi connectivity index (χ4v) is 2.22. The second-order valence-electron chi connectivity index (χ2n) is 3.22.